The second kappa shape index (κ2) is 8.74. The third-order valence-corrected chi connectivity index (χ3v) is 5.57. The van der Waals surface area contributed by atoms with Crippen molar-refractivity contribution < 1.29 is 19.1 Å². The van der Waals surface area contributed by atoms with E-state index in [9.17, 15) is 9.59 Å². The molecule has 0 unspecified atom stereocenters. The summed E-state index contributed by atoms with van der Waals surface area (Å²) < 4.78 is 11.1. The SMILES string of the molecule is O=C1C[C@H](C(=O)Nc2ccc3c(c2)OCCO3)N=C(N2CCN(c3ccccn3)CC2)N1. The number of hydrogen-bond donors (Lipinski definition) is 2. The number of nitrogens with zero attached hydrogens (tertiary/aromatic N) is 4. The van der Waals surface area contributed by atoms with Crippen molar-refractivity contribution >= 4 is 29.3 Å². The average molecular weight is 436 g/mol. The number of amides is 2. The maximum Gasteiger partial charge on any atom is 0.249 e. The number of carbonyl (C=O) groups is 2. The number of hydrogen-bond acceptors (Lipinski definition) is 8. The fourth-order valence-electron chi connectivity index (χ4n) is 3.92. The van der Waals surface area contributed by atoms with Crippen LogP contribution < -0.4 is 25.0 Å². The Hall–Kier alpha value is -3.82. The zero-order valence-corrected chi connectivity index (χ0v) is 17.5. The van der Waals surface area contributed by atoms with Crippen molar-refractivity contribution in [3.05, 3.63) is 42.6 Å². The predicted molar refractivity (Wildman–Crippen MR) is 118 cm³/mol. The summed E-state index contributed by atoms with van der Waals surface area (Å²) in [4.78, 5) is 38.3. The monoisotopic (exact) mass is 436 g/mol. The number of rotatable bonds is 3. The molecule has 1 aromatic carbocycles. The summed E-state index contributed by atoms with van der Waals surface area (Å²) in [6.07, 6.45) is 1.78. The number of fused-ring (bicyclic) bond motifs is 1. The van der Waals surface area contributed by atoms with Gasteiger partial charge in [-0.1, -0.05) is 6.07 Å². The summed E-state index contributed by atoms with van der Waals surface area (Å²) >= 11 is 0. The highest BCUT2D eigenvalue weighted by Gasteiger charge is 2.31. The van der Waals surface area contributed by atoms with Crippen molar-refractivity contribution in [3.63, 3.8) is 0 Å². The molecule has 1 fully saturated rings. The van der Waals surface area contributed by atoms with Crippen molar-refractivity contribution in [2.45, 2.75) is 12.5 Å². The quantitative estimate of drug-likeness (QED) is 0.735. The van der Waals surface area contributed by atoms with Crippen LogP contribution in [0.5, 0.6) is 11.5 Å². The molecule has 4 heterocycles. The Balaban J connectivity index is 1.24. The Kier molecular flexibility index (Phi) is 5.49. The van der Waals surface area contributed by atoms with Crippen molar-refractivity contribution in [1.82, 2.24) is 15.2 Å². The molecule has 0 aliphatic carbocycles. The third kappa shape index (κ3) is 4.29. The number of aliphatic imine (C=N–C) groups is 1. The van der Waals surface area contributed by atoms with E-state index >= 15 is 0 Å². The lowest BCUT2D eigenvalue weighted by Crippen LogP contribution is -2.56. The van der Waals surface area contributed by atoms with Crippen molar-refractivity contribution in [3.8, 4) is 11.5 Å². The minimum absolute atomic E-state index is 0.00772. The maximum absolute atomic E-state index is 12.8. The van der Waals surface area contributed by atoms with Crippen LogP contribution >= 0.6 is 0 Å². The molecule has 1 saturated heterocycles. The highest BCUT2D eigenvalue weighted by atomic mass is 16.6. The largest absolute Gasteiger partial charge is 0.486 e. The third-order valence-electron chi connectivity index (χ3n) is 5.57. The van der Waals surface area contributed by atoms with Crippen LogP contribution in [0.1, 0.15) is 6.42 Å². The number of aromatic nitrogens is 1. The van der Waals surface area contributed by atoms with Crippen molar-refractivity contribution in [2.24, 2.45) is 4.99 Å². The number of anilines is 2. The number of pyridine rings is 1. The van der Waals surface area contributed by atoms with Gasteiger partial charge in [0.2, 0.25) is 17.8 Å². The van der Waals surface area contributed by atoms with Gasteiger partial charge in [-0.2, -0.15) is 0 Å². The minimum atomic E-state index is -0.791. The van der Waals surface area contributed by atoms with E-state index in [1.165, 1.54) is 0 Å². The Morgan fingerprint density at radius 2 is 1.81 bits per heavy atom. The molecule has 0 radical (unpaired) electrons. The Labute approximate surface area is 185 Å². The van der Waals surface area contributed by atoms with Crippen LogP contribution in [0.25, 0.3) is 0 Å². The van der Waals surface area contributed by atoms with E-state index < -0.39 is 6.04 Å². The highest BCUT2D eigenvalue weighted by Crippen LogP contribution is 2.32. The number of nitrogens with one attached hydrogen (secondary N) is 2. The molecule has 3 aliphatic rings. The summed E-state index contributed by atoms with van der Waals surface area (Å²) in [5, 5.41) is 5.65. The molecular weight excluding hydrogens is 412 g/mol. The first-order valence-electron chi connectivity index (χ1n) is 10.6. The summed E-state index contributed by atoms with van der Waals surface area (Å²) in [6, 6.07) is 10.3. The second-order valence-corrected chi connectivity index (χ2v) is 7.73. The van der Waals surface area contributed by atoms with E-state index in [-0.39, 0.29) is 18.2 Å². The maximum atomic E-state index is 12.8. The first kappa shape index (κ1) is 20.1. The lowest BCUT2D eigenvalue weighted by Gasteiger charge is -2.38. The van der Waals surface area contributed by atoms with E-state index in [4.69, 9.17) is 9.47 Å². The number of guanidine groups is 1. The molecule has 166 valence electrons. The van der Waals surface area contributed by atoms with Gasteiger partial charge in [-0.25, -0.2) is 9.98 Å². The molecule has 5 rings (SSSR count). The van der Waals surface area contributed by atoms with Crippen LogP contribution in [-0.4, -0.2) is 73.1 Å². The molecule has 0 bridgehead atoms. The molecule has 2 aromatic rings. The Morgan fingerprint density at radius 1 is 1.03 bits per heavy atom. The summed E-state index contributed by atoms with van der Waals surface area (Å²) in [6.45, 7) is 3.82. The smallest absolute Gasteiger partial charge is 0.249 e. The molecule has 0 spiro atoms. The number of benzene rings is 1. The molecule has 2 N–H and O–H groups in total. The molecule has 0 saturated carbocycles. The van der Waals surface area contributed by atoms with Crippen LogP contribution in [0.2, 0.25) is 0 Å². The molecule has 32 heavy (non-hydrogen) atoms. The molecule has 2 amide bonds. The van der Waals surface area contributed by atoms with Gasteiger partial charge in [0.15, 0.2) is 11.5 Å². The standard InChI is InChI=1S/C22H24N6O4/c29-20-14-16(21(30)24-15-4-5-17-18(13-15)32-12-11-31-17)25-22(26-20)28-9-7-27(8-10-28)19-3-1-2-6-23-19/h1-6,13,16H,7-12,14H2,(H,24,30)(H,25,26,29)/t16-/m1/s1. The Morgan fingerprint density at radius 3 is 2.59 bits per heavy atom. The minimum Gasteiger partial charge on any atom is -0.486 e. The van der Waals surface area contributed by atoms with E-state index in [1.807, 2.05) is 23.1 Å². The van der Waals surface area contributed by atoms with Gasteiger partial charge in [-0.3, -0.25) is 14.9 Å². The molecule has 10 heteroatoms. The highest BCUT2D eigenvalue weighted by molar-refractivity contribution is 6.06. The van der Waals surface area contributed by atoms with Crippen LogP contribution in [0.3, 0.4) is 0 Å². The molecule has 1 atom stereocenters. The van der Waals surface area contributed by atoms with Gasteiger partial charge in [0.1, 0.15) is 25.1 Å². The second-order valence-electron chi connectivity index (χ2n) is 7.73. The van der Waals surface area contributed by atoms with E-state index in [0.717, 1.165) is 18.9 Å². The number of piperazine rings is 1. The van der Waals surface area contributed by atoms with Gasteiger partial charge in [0, 0.05) is 44.1 Å². The van der Waals surface area contributed by atoms with Gasteiger partial charge in [-0.15, -0.1) is 0 Å². The molecule has 1 aromatic heterocycles. The van der Waals surface area contributed by atoms with E-state index in [0.29, 0.717) is 49.4 Å². The fraction of sp³-hybridized carbons (Fsp3) is 0.364. The topological polar surface area (TPSA) is 108 Å². The number of carbonyl (C=O) groups excluding carboxylic acids is 2. The summed E-state index contributed by atoms with van der Waals surface area (Å²) in [5.74, 6) is 2.06. The first-order valence-corrected chi connectivity index (χ1v) is 10.6. The lowest BCUT2D eigenvalue weighted by molar-refractivity contribution is -0.125. The van der Waals surface area contributed by atoms with Crippen LogP contribution in [-0.2, 0) is 9.59 Å². The summed E-state index contributed by atoms with van der Waals surface area (Å²) in [7, 11) is 0. The van der Waals surface area contributed by atoms with Crippen molar-refractivity contribution in [1.29, 1.82) is 0 Å². The van der Waals surface area contributed by atoms with E-state index in [1.54, 1.807) is 24.4 Å². The average Bonchev–Trinajstić information content (AvgIpc) is 2.84. The van der Waals surface area contributed by atoms with Gasteiger partial charge in [0.05, 0.1) is 6.42 Å². The van der Waals surface area contributed by atoms with Crippen LogP contribution in [0.15, 0.2) is 47.6 Å². The lowest BCUT2D eigenvalue weighted by atomic mass is 10.1. The van der Waals surface area contributed by atoms with Gasteiger partial charge in [0.25, 0.3) is 0 Å². The summed E-state index contributed by atoms with van der Waals surface area (Å²) in [5.41, 5.74) is 0.575. The van der Waals surface area contributed by atoms with Gasteiger partial charge in [-0.05, 0) is 24.3 Å². The molecule has 10 nitrogen and oxygen atoms in total. The first-order chi connectivity index (χ1) is 15.7. The molecular formula is C22H24N6O4. The van der Waals surface area contributed by atoms with Crippen molar-refractivity contribution in [2.75, 3.05) is 49.6 Å². The van der Waals surface area contributed by atoms with Crippen LogP contribution in [0.4, 0.5) is 11.5 Å². The zero-order chi connectivity index (χ0) is 21.9. The number of ether oxygens (including phenoxy) is 2. The van der Waals surface area contributed by atoms with Gasteiger partial charge >= 0.3 is 0 Å². The fourth-order valence-corrected chi connectivity index (χ4v) is 3.92. The van der Waals surface area contributed by atoms with Gasteiger partial charge < -0.3 is 24.6 Å². The van der Waals surface area contributed by atoms with E-state index in [2.05, 4.69) is 25.5 Å². The zero-order valence-electron chi connectivity index (χ0n) is 17.5. The predicted octanol–water partition coefficient (Wildman–Crippen LogP) is 0.858. The normalized spacial score (nSPS) is 20.3. The Bertz CT molecular complexity index is 1040. The molecule has 3 aliphatic heterocycles. The van der Waals surface area contributed by atoms with Crippen LogP contribution in [0, 0.1) is 0 Å².